The highest BCUT2D eigenvalue weighted by Crippen LogP contribution is 2.18. The van der Waals surface area contributed by atoms with Crippen LogP contribution in [0.4, 0.5) is 0 Å². The Balaban J connectivity index is 3.60. The van der Waals surface area contributed by atoms with Crippen LogP contribution in [-0.2, 0) is 9.53 Å². The fourth-order valence-corrected chi connectivity index (χ4v) is 0.883. The largest absolute Gasteiger partial charge is 0.375 e. The molecule has 1 N–H and O–H groups in total. The number of carbonyl (C=O) groups is 1. The minimum atomic E-state index is -0.283. The molecular formula is C12H23NO2. The molecule has 0 aromatic carbocycles. The first-order chi connectivity index (χ1) is 6.90. The average molecular weight is 213 g/mol. The molecule has 1 amide bonds. The van der Waals surface area contributed by atoms with E-state index in [-0.39, 0.29) is 11.3 Å². The average Bonchev–Trinajstić information content (AvgIpc) is 2.16. The normalized spacial score (nSPS) is 11.2. The van der Waals surface area contributed by atoms with Crippen LogP contribution in [0.1, 0.15) is 34.1 Å². The highest BCUT2D eigenvalue weighted by molar-refractivity contribution is 5.81. The van der Waals surface area contributed by atoms with E-state index in [1.807, 2.05) is 27.7 Å². The van der Waals surface area contributed by atoms with Gasteiger partial charge in [0.05, 0.1) is 13.2 Å². The lowest BCUT2D eigenvalue weighted by Gasteiger charge is -2.21. The summed E-state index contributed by atoms with van der Waals surface area (Å²) in [5.74, 6) is 0.0870. The van der Waals surface area contributed by atoms with E-state index in [1.54, 1.807) is 0 Å². The molecule has 0 spiro atoms. The van der Waals surface area contributed by atoms with Crippen LogP contribution in [0.3, 0.4) is 0 Å². The van der Waals surface area contributed by atoms with E-state index in [1.165, 1.54) is 0 Å². The molecular weight excluding hydrogens is 190 g/mol. The summed E-state index contributed by atoms with van der Waals surface area (Å²) in [5, 5.41) is 2.85. The molecule has 0 aromatic rings. The summed E-state index contributed by atoms with van der Waals surface area (Å²) in [6.45, 7) is 13.2. The van der Waals surface area contributed by atoms with Gasteiger partial charge < -0.3 is 10.1 Å². The highest BCUT2D eigenvalue weighted by Gasteiger charge is 2.24. The number of amides is 1. The summed E-state index contributed by atoms with van der Waals surface area (Å²) in [5.41, 5.74) is 0.712. The van der Waals surface area contributed by atoms with Crippen LogP contribution in [0, 0.1) is 5.41 Å². The summed E-state index contributed by atoms with van der Waals surface area (Å²) >= 11 is 0. The summed E-state index contributed by atoms with van der Waals surface area (Å²) in [6, 6.07) is 0. The van der Waals surface area contributed by atoms with Gasteiger partial charge in [-0.25, -0.2) is 0 Å². The summed E-state index contributed by atoms with van der Waals surface area (Å²) in [4.78, 5) is 11.6. The molecule has 3 nitrogen and oxygen atoms in total. The zero-order valence-electron chi connectivity index (χ0n) is 10.4. The lowest BCUT2D eigenvalue weighted by molar-refractivity contribution is -0.129. The maximum absolute atomic E-state index is 11.6. The van der Waals surface area contributed by atoms with E-state index in [0.717, 1.165) is 12.0 Å². The zero-order valence-corrected chi connectivity index (χ0v) is 10.4. The molecule has 0 saturated heterocycles. The SMILES string of the molecule is C=C(C)COCCNC(=O)C(C)(C)CC. The van der Waals surface area contributed by atoms with Crippen molar-refractivity contribution in [2.75, 3.05) is 19.8 Å². The molecule has 0 bridgehead atoms. The van der Waals surface area contributed by atoms with Gasteiger partial charge in [0, 0.05) is 12.0 Å². The second kappa shape index (κ2) is 6.62. The van der Waals surface area contributed by atoms with Crippen LogP contribution in [-0.4, -0.2) is 25.7 Å². The Labute approximate surface area is 92.9 Å². The first-order valence-electron chi connectivity index (χ1n) is 5.40. The van der Waals surface area contributed by atoms with Crippen molar-refractivity contribution in [2.24, 2.45) is 5.41 Å². The van der Waals surface area contributed by atoms with Crippen LogP contribution in [0.5, 0.6) is 0 Å². The molecule has 0 aliphatic carbocycles. The number of hydrogen-bond donors (Lipinski definition) is 1. The Kier molecular flexibility index (Phi) is 6.25. The number of nitrogens with one attached hydrogen (secondary N) is 1. The van der Waals surface area contributed by atoms with Crippen LogP contribution in [0.2, 0.25) is 0 Å². The summed E-state index contributed by atoms with van der Waals surface area (Å²) in [7, 11) is 0. The number of rotatable bonds is 7. The van der Waals surface area contributed by atoms with Crippen LogP contribution >= 0.6 is 0 Å². The van der Waals surface area contributed by atoms with E-state index in [9.17, 15) is 4.79 Å². The molecule has 0 atom stereocenters. The van der Waals surface area contributed by atoms with Crippen molar-refractivity contribution >= 4 is 5.91 Å². The second-order valence-electron chi connectivity index (χ2n) is 4.50. The third kappa shape index (κ3) is 6.28. The third-order valence-electron chi connectivity index (χ3n) is 2.38. The van der Waals surface area contributed by atoms with Gasteiger partial charge in [-0.05, 0) is 13.3 Å². The van der Waals surface area contributed by atoms with Gasteiger partial charge in [0.2, 0.25) is 5.91 Å². The van der Waals surface area contributed by atoms with Gasteiger partial charge in [0.15, 0.2) is 0 Å². The quantitative estimate of drug-likeness (QED) is 0.519. The van der Waals surface area contributed by atoms with E-state index in [2.05, 4.69) is 11.9 Å². The zero-order chi connectivity index (χ0) is 11.9. The van der Waals surface area contributed by atoms with Crippen molar-refractivity contribution in [3.8, 4) is 0 Å². The van der Waals surface area contributed by atoms with Crippen molar-refractivity contribution in [1.82, 2.24) is 5.32 Å². The molecule has 0 rings (SSSR count). The lowest BCUT2D eigenvalue weighted by Crippen LogP contribution is -2.38. The van der Waals surface area contributed by atoms with Crippen LogP contribution in [0.15, 0.2) is 12.2 Å². The molecule has 0 unspecified atom stereocenters. The monoisotopic (exact) mass is 213 g/mol. The topological polar surface area (TPSA) is 38.3 Å². The Morgan fingerprint density at radius 1 is 1.47 bits per heavy atom. The molecule has 0 fully saturated rings. The molecule has 0 aliphatic rings. The van der Waals surface area contributed by atoms with Crippen molar-refractivity contribution in [3.63, 3.8) is 0 Å². The van der Waals surface area contributed by atoms with Crippen molar-refractivity contribution in [1.29, 1.82) is 0 Å². The minimum Gasteiger partial charge on any atom is -0.375 e. The first kappa shape index (κ1) is 14.2. The van der Waals surface area contributed by atoms with Gasteiger partial charge in [-0.2, -0.15) is 0 Å². The van der Waals surface area contributed by atoms with Crippen molar-refractivity contribution in [3.05, 3.63) is 12.2 Å². The van der Waals surface area contributed by atoms with Crippen LogP contribution < -0.4 is 5.32 Å². The smallest absolute Gasteiger partial charge is 0.225 e. The van der Waals surface area contributed by atoms with Gasteiger partial charge in [-0.15, -0.1) is 0 Å². The molecule has 0 saturated carbocycles. The molecule has 0 radical (unpaired) electrons. The molecule has 3 heteroatoms. The number of hydrogen-bond acceptors (Lipinski definition) is 2. The predicted octanol–water partition coefficient (Wildman–Crippen LogP) is 2.13. The predicted molar refractivity (Wildman–Crippen MR) is 62.7 cm³/mol. The summed E-state index contributed by atoms with van der Waals surface area (Å²) < 4.78 is 5.28. The summed E-state index contributed by atoms with van der Waals surface area (Å²) in [6.07, 6.45) is 0.839. The number of ether oxygens (including phenoxy) is 1. The highest BCUT2D eigenvalue weighted by atomic mass is 16.5. The fourth-order valence-electron chi connectivity index (χ4n) is 0.883. The van der Waals surface area contributed by atoms with E-state index >= 15 is 0 Å². The van der Waals surface area contributed by atoms with E-state index in [4.69, 9.17) is 4.74 Å². The second-order valence-corrected chi connectivity index (χ2v) is 4.50. The number of carbonyl (C=O) groups excluding carboxylic acids is 1. The van der Waals surface area contributed by atoms with Gasteiger partial charge in [0.25, 0.3) is 0 Å². The Hall–Kier alpha value is -0.830. The van der Waals surface area contributed by atoms with Crippen molar-refractivity contribution in [2.45, 2.75) is 34.1 Å². The lowest BCUT2D eigenvalue weighted by atomic mass is 9.89. The maximum Gasteiger partial charge on any atom is 0.225 e. The Bertz CT molecular complexity index is 222. The van der Waals surface area contributed by atoms with Gasteiger partial charge >= 0.3 is 0 Å². The standard InChI is InChI=1S/C12H23NO2/c1-6-12(4,5)11(14)13-7-8-15-9-10(2)3/h2,6-9H2,1,3-5H3,(H,13,14). The molecule has 88 valence electrons. The van der Waals surface area contributed by atoms with Gasteiger partial charge in [-0.3, -0.25) is 4.79 Å². The van der Waals surface area contributed by atoms with Gasteiger partial charge in [0.1, 0.15) is 0 Å². The molecule has 0 aliphatic heterocycles. The van der Waals surface area contributed by atoms with E-state index < -0.39 is 0 Å². The van der Waals surface area contributed by atoms with Crippen molar-refractivity contribution < 1.29 is 9.53 Å². The maximum atomic E-state index is 11.6. The first-order valence-corrected chi connectivity index (χ1v) is 5.40. The fraction of sp³-hybridized carbons (Fsp3) is 0.750. The minimum absolute atomic E-state index is 0.0870. The Morgan fingerprint density at radius 2 is 2.07 bits per heavy atom. The third-order valence-corrected chi connectivity index (χ3v) is 2.38. The molecule has 0 aromatic heterocycles. The van der Waals surface area contributed by atoms with Gasteiger partial charge in [-0.1, -0.05) is 32.9 Å². The molecule has 15 heavy (non-hydrogen) atoms. The van der Waals surface area contributed by atoms with Crippen LogP contribution in [0.25, 0.3) is 0 Å². The Morgan fingerprint density at radius 3 is 2.53 bits per heavy atom. The van der Waals surface area contributed by atoms with E-state index in [0.29, 0.717) is 19.8 Å². The molecule has 0 heterocycles.